The van der Waals surface area contributed by atoms with Gasteiger partial charge in [0.05, 0.1) is 38.6 Å². The van der Waals surface area contributed by atoms with E-state index in [-0.39, 0.29) is 18.9 Å². The third-order valence-corrected chi connectivity index (χ3v) is 19.7. The number of allylic oxidation sites excluding steroid dienone is 21. The largest absolute Gasteiger partial charge is 0.394 e. The zero-order chi connectivity index (χ0) is 76.7. The average Bonchev–Trinajstić information content (AvgIpc) is 0.780. The van der Waals surface area contributed by atoms with Crippen LogP contribution in [-0.2, 0) is 33.2 Å². The van der Waals surface area contributed by atoms with Gasteiger partial charge in [-0.05, 0) is 103 Å². The van der Waals surface area contributed by atoms with Crippen molar-refractivity contribution in [1.29, 1.82) is 0 Å². The highest BCUT2D eigenvalue weighted by Crippen LogP contribution is 2.33. The molecule has 3 aliphatic heterocycles. The van der Waals surface area contributed by atoms with Crippen LogP contribution in [0.25, 0.3) is 0 Å². The van der Waals surface area contributed by atoms with Crippen molar-refractivity contribution in [3.8, 4) is 0 Å². The summed E-state index contributed by atoms with van der Waals surface area (Å²) in [4.78, 5) is 13.5. The molecule has 3 fully saturated rings. The fourth-order valence-electron chi connectivity index (χ4n) is 13.1. The van der Waals surface area contributed by atoms with Crippen LogP contribution in [0.4, 0.5) is 0 Å². The molecule has 0 radical (unpaired) electrons. The van der Waals surface area contributed by atoms with Crippen molar-refractivity contribution in [3.05, 3.63) is 134 Å². The highest BCUT2D eigenvalue weighted by molar-refractivity contribution is 5.76. The van der Waals surface area contributed by atoms with E-state index in [9.17, 15) is 61.0 Å². The van der Waals surface area contributed by atoms with Crippen LogP contribution in [0.2, 0.25) is 0 Å². The van der Waals surface area contributed by atoms with Crippen LogP contribution in [0.5, 0.6) is 0 Å². The molecule has 17 atom stereocenters. The monoisotopic (exact) mass is 1490 g/mol. The van der Waals surface area contributed by atoms with Crippen LogP contribution in [0, 0.1) is 0 Å². The van der Waals surface area contributed by atoms with Crippen molar-refractivity contribution in [2.24, 2.45) is 0 Å². The number of hydrogen-bond donors (Lipinski definition) is 12. The molecule has 19 nitrogen and oxygen atoms in total. The molecule has 17 unspecified atom stereocenters. The molecule has 3 heterocycles. The second-order valence-electron chi connectivity index (χ2n) is 28.8. The van der Waals surface area contributed by atoms with Gasteiger partial charge in [0, 0.05) is 6.42 Å². The predicted molar refractivity (Wildman–Crippen MR) is 424 cm³/mol. The minimum Gasteiger partial charge on any atom is -0.394 e. The lowest BCUT2D eigenvalue weighted by Crippen LogP contribution is -2.66. The third-order valence-electron chi connectivity index (χ3n) is 19.7. The van der Waals surface area contributed by atoms with E-state index in [1.807, 2.05) is 6.08 Å². The van der Waals surface area contributed by atoms with E-state index in [1.54, 1.807) is 6.08 Å². The van der Waals surface area contributed by atoms with Crippen LogP contribution < -0.4 is 5.32 Å². The van der Waals surface area contributed by atoms with Crippen molar-refractivity contribution in [2.45, 2.75) is 381 Å². The van der Waals surface area contributed by atoms with Crippen LogP contribution >= 0.6 is 0 Å². The number of nitrogens with one attached hydrogen (secondary N) is 1. The molecule has 0 aromatic rings. The first-order valence-electron chi connectivity index (χ1n) is 41.4. The summed E-state index contributed by atoms with van der Waals surface area (Å²) in [6.07, 6.45) is 67.3. The Hall–Kier alpha value is -4.07. The Kier molecular flexibility index (Phi) is 59.5. The van der Waals surface area contributed by atoms with Gasteiger partial charge < -0.3 is 89.9 Å². The van der Waals surface area contributed by atoms with Gasteiger partial charge in [-0.2, -0.15) is 0 Å². The maximum Gasteiger partial charge on any atom is 0.220 e. The van der Waals surface area contributed by atoms with Crippen LogP contribution in [0.1, 0.15) is 277 Å². The third kappa shape index (κ3) is 44.7. The molecule has 3 saturated heterocycles. The molecular formula is C87H147NO18. The Bertz CT molecular complexity index is 2440. The van der Waals surface area contributed by atoms with Crippen LogP contribution in [0.15, 0.2) is 134 Å². The molecular weight excluding hydrogens is 1350 g/mol. The van der Waals surface area contributed by atoms with Gasteiger partial charge >= 0.3 is 0 Å². The Balaban J connectivity index is 1.40. The standard InChI is InChI=1S/C87H147NO18/c1-3-5-7-9-11-13-15-17-19-21-23-25-27-29-31-33-35-37-39-41-43-45-47-49-51-53-55-57-59-61-63-65-75(93)88-70(71(92)64-62-60-58-56-54-52-50-48-46-44-42-40-38-36-34-32-30-28-26-24-22-20-18-16-14-12-10-8-6-4-2)69-101-85-81(99)78(96)83(73(67-90)103-85)106-87-82(100)79(97)84(74(68-91)104-87)105-86-80(98)77(95)76(94)72(66-89)102-86/h5,7,11,13,17,19,23,25,29,31,35,37,41,43,47,49,53-56,62,64,70-74,76-87,89-92,94-100H,3-4,6,8-10,12,14-16,18,20-22,24,26-28,30,32-34,36,38-40,42,44-46,48,50-52,57-61,63,65-69H2,1-2H3,(H,88,93)/b7-5-,13-11-,19-17-,25-23-,31-29-,37-35-,43-41-,49-47-,55-53-,56-54+,64-62+. The fraction of sp³-hybridized carbons (Fsp3) is 0.736. The summed E-state index contributed by atoms with van der Waals surface area (Å²) in [6.45, 7) is 1.59. The number of carbonyl (C=O) groups excluding carboxylic acids is 1. The first-order valence-corrected chi connectivity index (χ1v) is 41.4. The molecule has 0 bridgehead atoms. The SMILES string of the molecule is CC/C=C\C/C=C\C/C=C\C/C=C\C/C=C\C/C=C\C/C=C\C/C=C\C/C=C\CCCCCC(=O)NC(COC1OC(CO)C(OC2OC(CO)C(OC3OC(CO)C(O)C(O)C3O)C(O)C2O)C(O)C1O)C(O)/C=C/CC/C=C/CCCCCCCCCCCCCCCCCCCCCCCCCC. The molecule has 3 aliphatic rings. The van der Waals surface area contributed by atoms with Gasteiger partial charge in [0.15, 0.2) is 18.9 Å². The summed E-state index contributed by atoms with van der Waals surface area (Å²) in [6, 6.07) is -1.02. The summed E-state index contributed by atoms with van der Waals surface area (Å²) < 4.78 is 34.4. The molecule has 0 spiro atoms. The molecule has 12 N–H and O–H groups in total. The normalized spacial score (nSPS) is 26.4. The number of aliphatic hydroxyl groups excluding tert-OH is 11. The molecule has 608 valence electrons. The Morgan fingerprint density at radius 2 is 0.660 bits per heavy atom. The fourth-order valence-corrected chi connectivity index (χ4v) is 13.1. The van der Waals surface area contributed by atoms with E-state index in [0.29, 0.717) is 12.8 Å². The summed E-state index contributed by atoms with van der Waals surface area (Å²) in [7, 11) is 0. The van der Waals surface area contributed by atoms with Gasteiger partial charge in [-0.1, -0.05) is 302 Å². The number of rotatable bonds is 64. The lowest BCUT2D eigenvalue weighted by atomic mass is 9.96. The van der Waals surface area contributed by atoms with Crippen molar-refractivity contribution in [3.63, 3.8) is 0 Å². The highest BCUT2D eigenvalue weighted by Gasteiger charge is 2.54. The average molecular weight is 1500 g/mol. The first-order chi connectivity index (χ1) is 51.8. The van der Waals surface area contributed by atoms with Crippen molar-refractivity contribution in [2.75, 3.05) is 26.4 Å². The van der Waals surface area contributed by atoms with Crippen molar-refractivity contribution in [1.82, 2.24) is 5.32 Å². The molecule has 0 aliphatic carbocycles. The summed E-state index contributed by atoms with van der Waals surface area (Å²) in [5, 5.41) is 121. The summed E-state index contributed by atoms with van der Waals surface area (Å²) >= 11 is 0. The number of amides is 1. The maximum absolute atomic E-state index is 13.5. The number of hydrogen-bond acceptors (Lipinski definition) is 18. The lowest BCUT2D eigenvalue weighted by Gasteiger charge is -2.48. The van der Waals surface area contributed by atoms with Gasteiger partial charge in [-0.3, -0.25) is 4.79 Å². The molecule has 0 aromatic carbocycles. The topological polar surface area (TPSA) is 307 Å². The summed E-state index contributed by atoms with van der Waals surface area (Å²) in [5.41, 5.74) is 0. The minimum atomic E-state index is -1.99. The van der Waals surface area contributed by atoms with Crippen molar-refractivity contribution >= 4 is 5.91 Å². The van der Waals surface area contributed by atoms with Gasteiger partial charge in [-0.15, -0.1) is 0 Å². The van der Waals surface area contributed by atoms with Crippen LogP contribution in [0.3, 0.4) is 0 Å². The zero-order valence-electron chi connectivity index (χ0n) is 65.1. The van der Waals surface area contributed by atoms with Gasteiger partial charge in [0.1, 0.15) is 73.2 Å². The highest BCUT2D eigenvalue weighted by atomic mass is 16.8. The van der Waals surface area contributed by atoms with E-state index >= 15 is 0 Å². The number of carbonyl (C=O) groups is 1. The Labute approximate surface area is 639 Å². The molecule has 3 rings (SSSR count). The molecule has 0 aromatic heterocycles. The Morgan fingerprint density at radius 1 is 0.349 bits per heavy atom. The van der Waals surface area contributed by atoms with Crippen LogP contribution in [-0.4, -0.2) is 193 Å². The molecule has 1 amide bonds. The molecule has 19 heteroatoms. The zero-order valence-corrected chi connectivity index (χ0v) is 65.1. The van der Waals surface area contributed by atoms with Gasteiger partial charge in [0.25, 0.3) is 0 Å². The van der Waals surface area contributed by atoms with E-state index < -0.39 is 124 Å². The minimum absolute atomic E-state index is 0.186. The number of ether oxygens (including phenoxy) is 6. The first kappa shape index (κ1) is 96.1. The number of aliphatic hydroxyl groups is 11. The Morgan fingerprint density at radius 3 is 1.06 bits per heavy atom. The second kappa shape index (κ2) is 65.6. The lowest BCUT2D eigenvalue weighted by molar-refractivity contribution is -0.379. The quantitative estimate of drug-likeness (QED) is 0.0199. The smallest absolute Gasteiger partial charge is 0.220 e. The van der Waals surface area contributed by atoms with E-state index in [4.69, 9.17) is 28.4 Å². The van der Waals surface area contributed by atoms with E-state index in [0.717, 1.165) is 96.3 Å². The number of unbranched alkanes of at least 4 members (excludes halogenated alkanes) is 28. The van der Waals surface area contributed by atoms with Crippen molar-refractivity contribution < 1.29 is 89.4 Å². The summed E-state index contributed by atoms with van der Waals surface area (Å²) in [5.74, 6) is -0.320. The van der Waals surface area contributed by atoms with E-state index in [1.165, 1.54) is 148 Å². The predicted octanol–water partition coefficient (Wildman–Crippen LogP) is 14.4. The van der Waals surface area contributed by atoms with Gasteiger partial charge in [0.2, 0.25) is 5.91 Å². The maximum atomic E-state index is 13.5. The molecule has 106 heavy (non-hydrogen) atoms. The van der Waals surface area contributed by atoms with E-state index in [2.05, 4.69) is 141 Å². The second-order valence-corrected chi connectivity index (χ2v) is 28.8. The van der Waals surface area contributed by atoms with Gasteiger partial charge in [-0.25, -0.2) is 0 Å². The molecule has 0 saturated carbocycles.